The first-order valence-corrected chi connectivity index (χ1v) is 13.8. The van der Waals surface area contributed by atoms with Crippen LogP contribution in [-0.2, 0) is 16.4 Å². The Hall–Kier alpha value is -4.09. The van der Waals surface area contributed by atoms with E-state index in [0.717, 1.165) is 5.56 Å². The van der Waals surface area contributed by atoms with Crippen molar-refractivity contribution in [3.05, 3.63) is 83.4 Å². The summed E-state index contributed by atoms with van der Waals surface area (Å²) >= 11 is 0. The molecule has 11 heteroatoms. The van der Waals surface area contributed by atoms with Crippen molar-refractivity contribution >= 4 is 21.8 Å². The summed E-state index contributed by atoms with van der Waals surface area (Å²) in [6.07, 6.45) is 0.519. The summed E-state index contributed by atoms with van der Waals surface area (Å²) in [5.41, 5.74) is 7.12. The third kappa shape index (κ3) is 6.32. The number of ether oxygens (including phenoxy) is 3. The molecule has 0 aromatic heterocycles. The minimum Gasteiger partial charge on any atom is -0.493 e. The van der Waals surface area contributed by atoms with Gasteiger partial charge in [0.05, 0.1) is 31.3 Å². The quantitative estimate of drug-likeness (QED) is 0.409. The highest BCUT2D eigenvalue weighted by atomic mass is 32.2. The molecule has 206 valence electrons. The van der Waals surface area contributed by atoms with Crippen LogP contribution in [0.1, 0.15) is 26.3 Å². The van der Waals surface area contributed by atoms with Gasteiger partial charge in [-0.1, -0.05) is 24.3 Å². The fourth-order valence-corrected chi connectivity index (χ4v) is 5.81. The highest BCUT2D eigenvalue weighted by Gasteiger charge is 2.31. The van der Waals surface area contributed by atoms with Gasteiger partial charge in [0, 0.05) is 44.2 Å². The summed E-state index contributed by atoms with van der Waals surface area (Å²) in [5, 5.41) is 0. The zero-order chi connectivity index (χ0) is 28.0. The zero-order valence-corrected chi connectivity index (χ0v) is 22.6. The summed E-state index contributed by atoms with van der Waals surface area (Å²) in [4.78, 5) is 26.5. The standard InChI is InChI=1S/C28H31N3O7S/c1-36-25-11-10-22(19-26(25)37-2)39(34,35)31-15-13-30(14-16-31)28(33)21-7-5-6-20(18-21)12-17-38-24-9-4-3-8-23(24)27(29)32/h3-11,18-19H,12-17H2,1-2H3,(H2,29,32). The van der Waals surface area contributed by atoms with E-state index in [1.165, 1.54) is 30.7 Å². The second kappa shape index (κ2) is 12.2. The first kappa shape index (κ1) is 27.9. The van der Waals surface area contributed by atoms with Crippen LogP contribution in [0, 0.1) is 0 Å². The van der Waals surface area contributed by atoms with Gasteiger partial charge in [0.2, 0.25) is 10.0 Å². The lowest BCUT2D eigenvalue weighted by atomic mass is 10.1. The molecule has 1 fully saturated rings. The number of hydrogen-bond acceptors (Lipinski definition) is 7. The Balaban J connectivity index is 1.36. The highest BCUT2D eigenvalue weighted by molar-refractivity contribution is 7.89. The number of carbonyl (C=O) groups is 2. The molecule has 2 N–H and O–H groups in total. The second-order valence-corrected chi connectivity index (χ2v) is 10.8. The van der Waals surface area contributed by atoms with Crippen molar-refractivity contribution < 1.29 is 32.2 Å². The van der Waals surface area contributed by atoms with Gasteiger partial charge in [0.15, 0.2) is 11.5 Å². The molecule has 0 atom stereocenters. The second-order valence-electron chi connectivity index (χ2n) is 8.87. The van der Waals surface area contributed by atoms with Crippen LogP contribution >= 0.6 is 0 Å². The van der Waals surface area contributed by atoms with E-state index in [1.807, 2.05) is 6.07 Å². The molecule has 1 aliphatic rings. The topological polar surface area (TPSA) is 128 Å². The Bertz CT molecular complexity index is 1450. The van der Waals surface area contributed by atoms with Gasteiger partial charge in [-0.25, -0.2) is 8.42 Å². The molecule has 1 aliphatic heterocycles. The van der Waals surface area contributed by atoms with Gasteiger partial charge >= 0.3 is 0 Å². The number of benzene rings is 3. The van der Waals surface area contributed by atoms with Gasteiger partial charge in [-0.15, -0.1) is 0 Å². The van der Waals surface area contributed by atoms with Gasteiger partial charge in [-0.2, -0.15) is 4.31 Å². The molecular weight excluding hydrogens is 522 g/mol. The summed E-state index contributed by atoms with van der Waals surface area (Å²) in [6, 6.07) is 18.5. The van der Waals surface area contributed by atoms with Crippen LogP contribution in [0.5, 0.6) is 17.2 Å². The summed E-state index contributed by atoms with van der Waals surface area (Å²) in [7, 11) is -0.833. The molecular formula is C28H31N3O7S. The number of carbonyl (C=O) groups excluding carboxylic acids is 2. The number of primary amides is 1. The van der Waals surface area contributed by atoms with Crippen LogP contribution in [0.2, 0.25) is 0 Å². The van der Waals surface area contributed by atoms with E-state index in [9.17, 15) is 18.0 Å². The number of piperazine rings is 1. The molecule has 2 amide bonds. The van der Waals surface area contributed by atoms with Crippen molar-refractivity contribution in [1.29, 1.82) is 0 Å². The van der Waals surface area contributed by atoms with Crippen LogP contribution in [-0.4, -0.2) is 76.4 Å². The van der Waals surface area contributed by atoms with Gasteiger partial charge in [-0.05, 0) is 42.0 Å². The van der Waals surface area contributed by atoms with Crippen LogP contribution in [0.3, 0.4) is 0 Å². The average molecular weight is 554 g/mol. The predicted molar refractivity (Wildman–Crippen MR) is 145 cm³/mol. The van der Waals surface area contributed by atoms with Crippen molar-refractivity contribution in [2.75, 3.05) is 47.0 Å². The molecule has 10 nitrogen and oxygen atoms in total. The molecule has 0 aliphatic carbocycles. The molecule has 39 heavy (non-hydrogen) atoms. The molecule has 3 aromatic rings. The average Bonchev–Trinajstić information content (AvgIpc) is 2.96. The number of nitrogens with two attached hydrogens (primary N) is 1. The molecule has 4 rings (SSSR count). The number of methoxy groups -OCH3 is 2. The van der Waals surface area contributed by atoms with E-state index in [1.54, 1.807) is 53.4 Å². The number of nitrogens with zero attached hydrogens (tertiary/aromatic N) is 2. The summed E-state index contributed by atoms with van der Waals surface area (Å²) < 4.78 is 44.0. The van der Waals surface area contributed by atoms with Gasteiger partial charge in [0.1, 0.15) is 5.75 Å². The monoisotopic (exact) mass is 553 g/mol. The van der Waals surface area contributed by atoms with Crippen molar-refractivity contribution in [3.63, 3.8) is 0 Å². The minimum atomic E-state index is -3.76. The van der Waals surface area contributed by atoms with E-state index in [4.69, 9.17) is 19.9 Å². The van der Waals surface area contributed by atoms with E-state index < -0.39 is 15.9 Å². The van der Waals surface area contributed by atoms with Gasteiger partial charge < -0.3 is 24.8 Å². The lowest BCUT2D eigenvalue weighted by Crippen LogP contribution is -2.50. The molecule has 1 saturated heterocycles. The molecule has 3 aromatic carbocycles. The Kier molecular flexibility index (Phi) is 8.72. The smallest absolute Gasteiger partial charge is 0.253 e. The first-order chi connectivity index (χ1) is 18.7. The fraction of sp³-hybridized carbons (Fsp3) is 0.286. The maximum absolute atomic E-state index is 13.2. The zero-order valence-electron chi connectivity index (χ0n) is 21.8. The SMILES string of the molecule is COc1ccc(S(=O)(=O)N2CCN(C(=O)c3cccc(CCOc4ccccc4C(N)=O)c3)CC2)cc1OC. The maximum Gasteiger partial charge on any atom is 0.253 e. The van der Waals surface area contributed by atoms with Crippen LogP contribution < -0.4 is 19.9 Å². The molecule has 0 radical (unpaired) electrons. The number of sulfonamides is 1. The van der Waals surface area contributed by atoms with Crippen LogP contribution in [0.15, 0.2) is 71.6 Å². The lowest BCUT2D eigenvalue weighted by Gasteiger charge is -2.34. The third-order valence-electron chi connectivity index (χ3n) is 6.49. The summed E-state index contributed by atoms with van der Waals surface area (Å²) in [6.45, 7) is 1.18. The third-order valence-corrected chi connectivity index (χ3v) is 8.39. The fourth-order valence-electron chi connectivity index (χ4n) is 4.37. The highest BCUT2D eigenvalue weighted by Crippen LogP contribution is 2.31. The number of para-hydroxylation sites is 1. The minimum absolute atomic E-state index is 0.105. The molecule has 0 saturated carbocycles. The van der Waals surface area contributed by atoms with Gasteiger partial charge in [-0.3, -0.25) is 9.59 Å². The van der Waals surface area contributed by atoms with Crippen molar-refractivity contribution in [2.45, 2.75) is 11.3 Å². The predicted octanol–water partition coefficient (Wildman–Crippen LogP) is 2.57. The normalized spacial score (nSPS) is 14.1. The largest absolute Gasteiger partial charge is 0.493 e. The maximum atomic E-state index is 13.2. The van der Waals surface area contributed by atoms with Gasteiger partial charge in [0.25, 0.3) is 11.8 Å². The Morgan fingerprint density at radius 1 is 0.846 bits per heavy atom. The molecule has 0 spiro atoms. The van der Waals surface area contributed by atoms with Crippen molar-refractivity contribution in [2.24, 2.45) is 5.73 Å². The van der Waals surface area contributed by atoms with E-state index in [-0.39, 0.29) is 37.0 Å². The van der Waals surface area contributed by atoms with E-state index >= 15 is 0 Å². The Morgan fingerprint density at radius 2 is 1.56 bits per heavy atom. The van der Waals surface area contributed by atoms with Crippen LogP contribution in [0.25, 0.3) is 0 Å². The Morgan fingerprint density at radius 3 is 2.26 bits per heavy atom. The van der Waals surface area contributed by atoms with Crippen molar-refractivity contribution in [3.8, 4) is 17.2 Å². The summed E-state index contributed by atoms with van der Waals surface area (Å²) in [5.74, 6) is 0.457. The first-order valence-electron chi connectivity index (χ1n) is 12.4. The number of amides is 2. The number of rotatable bonds is 10. The van der Waals surface area contributed by atoms with E-state index in [0.29, 0.717) is 41.4 Å². The number of hydrogen-bond donors (Lipinski definition) is 1. The van der Waals surface area contributed by atoms with E-state index in [2.05, 4.69) is 0 Å². The van der Waals surface area contributed by atoms with Crippen molar-refractivity contribution in [1.82, 2.24) is 9.21 Å². The molecule has 0 unspecified atom stereocenters. The Labute approximate surface area is 227 Å². The molecule has 1 heterocycles. The van der Waals surface area contributed by atoms with Crippen LogP contribution in [0.4, 0.5) is 0 Å². The lowest BCUT2D eigenvalue weighted by molar-refractivity contribution is 0.0697. The molecule has 0 bridgehead atoms.